The Morgan fingerprint density at radius 1 is 1.36 bits per heavy atom. The van der Waals surface area contributed by atoms with Crippen molar-refractivity contribution in [1.29, 1.82) is 0 Å². The summed E-state index contributed by atoms with van der Waals surface area (Å²) in [4.78, 5) is 10.9. The summed E-state index contributed by atoms with van der Waals surface area (Å²) in [5, 5.41) is 2.65. The van der Waals surface area contributed by atoms with Crippen LogP contribution >= 0.6 is 0 Å². The first-order valence-corrected chi connectivity index (χ1v) is 6.28. The van der Waals surface area contributed by atoms with Crippen LogP contribution < -0.4 is 5.32 Å². The first kappa shape index (κ1) is 13.4. The Morgan fingerprint density at radius 3 is 2.50 bits per heavy atom. The van der Waals surface area contributed by atoms with Gasteiger partial charge in [-0.2, -0.15) is 8.42 Å². The molecule has 0 unspecified atom stereocenters. The maximum atomic E-state index is 10.9. The van der Waals surface area contributed by atoms with Crippen molar-refractivity contribution in [2.24, 2.45) is 0 Å². The molecule has 0 bridgehead atoms. The smallest absolute Gasteiger partial charge is 0.264 e. The van der Waals surface area contributed by atoms with Crippen molar-refractivity contribution in [3.63, 3.8) is 0 Å². The average Bonchev–Trinajstić information content (AvgIpc) is 2.02. The lowest BCUT2D eigenvalue weighted by Gasteiger charge is -2.02. The molecule has 0 heterocycles. The molecule has 0 aromatic heterocycles. The van der Waals surface area contributed by atoms with E-state index in [9.17, 15) is 13.2 Å². The van der Waals surface area contributed by atoms with E-state index in [1.165, 1.54) is 0 Å². The highest BCUT2D eigenvalue weighted by atomic mass is 32.2. The van der Waals surface area contributed by atoms with Gasteiger partial charge in [-0.05, 0) is 19.3 Å². The number of nitrogens with one attached hydrogen (secondary N) is 1. The normalized spacial score (nSPS) is 11.3. The lowest BCUT2D eigenvalue weighted by atomic mass is 10.3. The Morgan fingerprint density at radius 2 is 2.00 bits per heavy atom. The van der Waals surface area contributed by atoms with E-state index in [4.69, 9.17) is 4.55 Å². The van der Waals surface area contributed by atoms with Gasteiger partial charge in [0.15, 0.2) is 0 Å². The maximum Gasteiger partial charge on any atom is 0.264 e. The van der Waals surface area contributed by atoms with E-state index < -0.39 is 10.1 Å². The molecule has 0 aliphatic rings. The van der Waals surface area contributed by atoms with Crippen LogP contribution in [0.5, 0.6) is 0 Å². The van der Waals surface area contributed by atoms with Crippen LogP contribution in [0.2, 0.25) is 0 Å². The van der Waals surface area contributed by atoms with Crippen LogP contribution in [-0.4, -0.2) is 31.2 Å². The topological polar surface area (TPSA) is 83.5 Å². The molecule has 0 aromatic rings. The number of amides is 1. The molecule has 14 heavy (non-hydrogen) atoms. The third kappa shape index (κ3) is 9.47. The average molecular weight is 223 g/mol. The summed E-state index contributed by atoms with van der Waals surface area (Å²) < 4.78 is 29.0. The highest BCUT2D eigenvalue weighted by Crippen LogP contribution is 1.93. The van der Waals surface area contributed by atoms with E-state index in [-0.39, 0.29) is 11.7 Å². The summed E-state index contributed by atoms with van der Waals surface area (Å²) in [6.07, 6.45) is 2.23. The van der Waals surface area contributed by atoms with E-state index in [2.05, 4.69) is 5.32 Å². The molecule has 0 saturated heterocycles. The fourth-order valence-electron chi connectivity index (χ4n) is 0.953. The molecule has 84 valence electrons. The second kappa shape index (κ2) is 6.78. The first-order chi connectivity index (χ1) is 6.45. The Labute approximate surface area is 84.6 Å². The third-order valence-electron chi connectivity index (χ3n) is 1.63. The van der Waals surface area contributed by atoms with Crippen molar-refractivity contribution in [3.8, 4) is 0 Å². The van der Waals surface area contributed by atoms with E-state index >= 15 is 0 Å². The largest absolute Gasteiger partial charge is 0.356 e. The van der Waals surface area contributed by atoms with Crippen molar-refractivity contribution in [1.82, 2.24) is 5.32 Å². The minimum atomic E-state index is -3.85. The number of unbranched alkanes of at least 4 members (excludes halogenated alkanes) is 1. The number of rotatable bonds is 7. The van der Waals surface area contributed by atoms with Gasteiger partial charge in [0, 0.05) is 13.0 Å². The van der Waals surface area contributed by atoms with Gasteiger partial charge in [-0.1, -0.05) is 6.92 Å². The summed E-state index contributed by atoms with van der Waals surface area (Å²) >= 11 is 0. The van der Waals surface area contributed by atoms with Gasteiger partial charge in [-0.15, -0.1) is 0 Å². The molecule has 2 N–H and O–H groups in total. The molecule has 1 amide bonds. The molecule has 0 aliphatic carbocycles. The molecule has 0 rings (SSSR count). The van der Waals surface area contributed by atoms with Crippen LogP contribution in [0.25, 0.3) is 0 Å². The lowest BCUT2D eigenvalue weighted by molar-refractivity contribution is -0.121. The zero-order chi connectivity index (χ0) is 11.0. The summed E-state index contributed by atoms with van der Waals surface area (Å²) in [6.45, 7) is 2.38. The van der Waals surface area contributed by atoms with Crippen LogP contribution in [0.3, 0.4) is 0 Å². The Kier molecular flexibility index (Phi) is 6.48. The highest BCUT2D eigenvalue weighted by Gasteiger charge is 2.03. The van der Waals surface area contributed by atoms with Crippen LogP contribution in [0.1, 0.15) is 32.6 Å². The SMILES string of the molecule is CCCC(=O)NCCCCS(=O)(=O)O. The van der Waals surface area contributed by atoms with Crippen molar-refractivity contribution in [3.05, 3.63) is 0 Å². The molecule has 0 fully saturated rings. The van der Waals surface area contributed by atoms with Gasteiger partial charge in [0.1, 0.15) is 0 Å². The second-order valence-electron chi connectivity index (χ2n) is 3.09. The molecule has 0 radical (unpaired) electrons. The van der Waals surface area contributed by atoms with Crippen molar-refractivity contribution in [2.75, 3.05) is 12.3 Å². The minimum Gasteiger partial charge on any atom is -0.356 e. The summed E-state index contributed by atoms with van der Waals surface area (Å²) in [6, 6.07) is 0. The molecular formula is C8H17NO4S. The van der Waals surface area contributed by atoms with Crippen LogP contribution in [-0.2, 0) is 14.9 Å². The van der Waals surface area contributed by atoms with Gasteiger partial charge in [-0.3, -0.25) is 9.35 Å². The van der Waals surface area contributed by atoms with Gasteiger partial charge < -0.3 is 5.32 Å². The fraction of sp³-hybridized carbons (Fsp3) is 0.875. The number of carbonyl (C=O) groups is 1. The Hall–Kier alpha value is -0.620. The number of hydrogen-bond acceptors (Lipinski definition) is 3. The Balaban J connectivity index is 3.34. The van der Waals surface area contributed by atoms with Gasteiger partial charge >= 0.3 is 0 Å². The molecule has 6 heteroatoms. The molecular weight excluding hydrogens is 206 g/mol. The van der Waals surface area contributed by atoms with Crippen molar-refractivity contribution < 1.29 is 17.8 Å². The predicted molar refractivity (Wildman–Crippen MR) is 53.6 cm³/mol. The standard InChI is InChI=1S/C8H17NO4S/c1-2-5-8(10)9-6-3-4-7-14(11,12)13/h2-7H2,1H3,(H,9,10)(H,11,12,13). The summed E-state index contributed by atoms with van der Waals surface area (Å²) in [5.74, 6) is -0.254. The molecule has 0 spiro atoms. The molecule has 0 saturated carbocycles. The summed E-state index contributed by atoms with van der Waals surface area (Å²) in [7, 11) is -3.85. The quantitative estimate of drug-likeness (QED) is 0.488. The van der Waals surface area contributed by atoms with E-state index in [1.54, 1.807) is 0 Å². The van der Waals surface area contributed by atoms with Gasteiger partial charge in [-0.25, -0.2) is 0 Å². The zero-order valence-electron chi connectivity index (χ0n) is 8.32. The first-order valence-electron chi connectivity index (χ1n) is 4.67. The lowest BCUT2D eigenvalue weighted by Crippen LogP contribution is -2.24. The fourth-order valence-corrected chi connectivity index (χ4v) is 1.52. The second-order valence-corrected chi connectivity index (χ2v) is 4.67. The van der Waals surface area contributed by atoms with Crippen LogP contribution in [0.4, 0.5) is 0 Å². The van der Waals surface area contributed by atoms with Gasteiger partial charge in [0.05, 0.1) is 5.75 Å². The van der Waals surface area contributed by atoms with Gasteiger partial charge in [0.25, 0.3) is 10.1 Å². The van der Waals surface area contributed by atoms with E-state index in [1.807, 2.05) is 6.92 Å². The van der Waals surface area contributed by atoms with Crippen molar-refractivity contribution >= 4 is 16.0 Å². The molecule has 0 aromatic carbocycles. The molecule has 0 atom stereocenters. The maximum absolute atomic E-state index is 10.9. The molecule has 0 aliphatic heterocycles. The highest BCUT2D eigenvalue weighted by molar-refractivity contribution is 7.85. The monoisotopic (exact) mass is 223 g/mol. The minimum absolute atomic E-state index is 0.0145. The van der Waals surface area contributed by atoms with Crippen LogP contribution in [0.15, 0.2) is 0 Å². The van der Waals surface area contributed by atoms with E-state index in [0.29, 0.717) is 25.8 Å². The summed E-state index contributed by atoms with van der Waals surface area (Å²) in [5.41, 5.74) is 0. The predicted octanol–water partition coefficient (Wildman–Crippen LogP) is 0.571. The van der Waals surface area contributed by atoms with E-state index in [0.717, 1.165) is 6.42 Å². The number of hydrogen-bond donors (Lipinski definition) is 2. The third-order valence-corrected chi connectivity index (χ3v) is 2.43. The number of carbonyl (C=O) groups excluding carboxylic acids is 1. The van der Waals surface area contributed by atoms with Crippen molar-refractivity contribution in [2.45, 2.75) is 32.6 Å². The van der Waals surface area contributed by atoms with Gasteiger partial charge in [0.2, 0.25) is 5.91 Å². The van der Waals surface area contributed by atoms with Crippen LogP contribution in [0, 0.1) is 0 Å². The molecule has 5 nitrogen and oxygen atoms in total. The Bertz CT molecular complexity index is 261. The zero-order valence-corrected chi connectivity index (χ0v) is 9.14.